The average Bonchev–Trinajstić information content (AvgIpc) is 2.72. The Morgan fingerprint density at radius 2 is 1.63 bits per heavy atom. The molecular weight excluding hydrogens is 378 g/mol. The predicted octanol–water partition coefficient (Wildman–Crippen LogP) is 4.07. The summed E-state index contributed by atoms with van der Waals surface area (Å²) >= 11 is 0. The lowest BCUT2D eigenvalue weighted by Gasteiger charge is -2.14. The summed E-state index contributed by atoms with van der Waals surface area (Å²) in [5.74, 6) is 0.217. The van der Waals surface area contributed by atoms with E-state index in [4.69, 9.17) is 4.74 Å². The number of aromatic nitrogens is 1. The fourth-order valence-electron chi connectivity index (χ4n) is 3.16. The summed E-state index contributed by atoms with van der Waals surface area (Å²) < 4.78 is 5.74. The van der Waals surface area contributed by atoms with Crippen LogP contribution >= 0.6 is 0 Å². The van der Waals surface area contributed by atoms with Gasteiger partial charge in [-0.1, -0.05) is 18.2 Å². The Labute approximate surface area is 176 Å². The second-order valence-corrected chi connectivity index (χ2v) is 7.12. The summed E-state index contributed by atoms with van der Waals surface area (Å²) in [6, 6.07) is 14.6. The molecule has 0 aliphatic heterocycles. The SMILES string of the molecule is Cc1cc(C)cc(OCCNC(=O)c2cccc(C)c2NC(=O)c2ccncc2)c1. The Hall–Kier alpha value is -3.67. The van der Waals surface area contributed by atoms with Crippen molar-refractivity contribution in [2.24, 2.45) is 0 Å². The highest BCUT2D eigenvalue weighted by Crippen LogP contribution is 2.21. The molecule has 0 spiro atoms. The van der Waals surface area contributed by atoms with Gasteiger partial charge in [0.1, 0.15) is 12.4 Å². The average molecular weight is 403 g/mol. The van der Waals surface area contributed by atoms with Crippen LogP contribution in [0.4, 0.5) is 5.69 Å². The summed E-state index contributed by atoms with van der Waals surface area (Å²) in [4.78, 5) is 29.2. The Morgan fingerprint density at radius 3 is 2.33 bits per heavy atom. The van der Waals surface area contributed by atoms with Crippen molar-refractivity contribution in [1.82, 2.24) is 10.3 Å². The third-order valence-corrected chi connectivity index (χ3v) is 4.55. The molecule has 1 aromatic heterocycles. The maximum absolute atomic E-state index is 12.7. The van der Waals surface area contributed by atoms with Crippen LogP contribution in [0.1, 0.15) is 37.4 Å². The van der Waals surface area contributed by atoms with Crippen molar-refractivity contribution in [2.75, 3.05) is 18.5 Å². The number of pyridine rings is 1. The Balaban J connectivity index is 1.63. The maximum atomic E-state index is 12.7. The number of para-hydroxylation sites is 1. The van der Waals surface area contributed by atoms with Crippen molar-refractivity contribution in [2.45, 2.75) is 20.8 Å². The lowest BCUT2D eigenvalue weighted by Crippen LogP contribution is -2.29. The highest BCUT2D eigenvalue weighted by atomic mass is 16.5. The van der Waals surface area contributed by atoms with Crippen molar-refractivity contribution >= 4 is 17.5 Å². The van der Waals surface area contributed by atoms with Crippen molar-refractivity contribution in [3.63, 3.8) is 0 Å². The van der Waals surface area contributed by atoms with E-state index in [1.54, 1.807) is 36.7 Å². The number of benzene rings is 2. The zero-order valence-corrected chi connectivity index (χ0v) is 17.4. The Morgan fingerprint density at radius 1 is 0.933 bits per heavy atom. The van der Waals surface area contributed by atoms with Crippen molar-refractivity contribution < 1.29 is 14.3 Å². The summed E-state index contributed by atoms with van der Waals surface area (Å²) in [7, 11) is 0. The molecule has 0 aliphatic carbocycles. The van der Waals surface area contributed by atoms with Gasteiger partial charge in [-0.25, -0.2) is 0 Å². The number of aryl methyl sites for hydroxylation is 3. The van der Waals surface area contributed by atoms with E-state index in [2.05, 4.69) is 21.7 Å². The van der Waals surface area contributed by atoms with Crippen LogP contribution in [0.15, 0.2) is 60.9 Å². The number of nitrogens with one attached hydrogen (secondary N) is 2. The first kappa shape index (κ1) is 21.0. The molecular formula is C24H25N3O3. The fourth-order valence-corrected chi connectivity index (χ4v) is 3.16. The summed E-state index contributed by atoms with van der Waals surface area (Å²) in [5.41, 5.74) is 4.43. The topological polar surface area (TPSA) is 80.3 Å². The molecule has 0 radical (unpaired) electrons. The van der Waals surface area contributed by atoms with E-state index in [0.717, 1.165) is 22.4 Å². The Bertz CT molecular complexity index is 1030. The van der Waals surface area contributed by atoms with Crippen LogP contribution in [0.3, 0.4) is 0 Å². The van der Waals surface area contributed by atoms with Crippen LogP contribution < -0.4 is 15.4 Å². The first-order valence-corrected chi connectivity index (χ1v) is 9.74. The van der Waals surface area contributed by atoms with Gasteiger partial charge in [-0.3, -0.25) is 14.6 Å². The fraction of sp³-hybridized carbons (Fsp3) is 0.208. The molecule has 6 heteroatoms. The number of ether oxygens (including phenoxy) is 1. The standard InChI is InChI=1S/C24H25N3O3/c1-16-13-17(2)15-20(14-16)30-12-11-26-24(29)21-6-4-5-18(3)22(21)27-23(28)19-7-9-25-10-8-19/h4-10,13-15H,11-12H2,1-3H3,(H,26,29)(H,27,28). The number of rotatable bonds is 7. The van der Waals surface area contributed by atoms with Gasteiger partial charge in [0.05, 0.1) is 17.8 Å². The highest BCUT2D eigenvalue weighted by molar-refractivity contribution is 6.09. The number of hydrogen-bond donors (Lipinski definition) is 2. The van der Waals surface area contributed by atoms with Gasteiger partial charge in [0.2, 0.25) is 0 Å². The lowest BCUT2D eigenvalue weighted by molar-refractivity contribution is 0.0947. The van der Waals surface area contributed by atoms with Gasteiger partial charge in [0.15, 0.2) is 0 Å². The minimum Gasteiger partial charge on any atom is -0.492 e. The van der Waals surface area contributed by atoms with Crippen LogP contribution in [0.2, 0.25) is 0 Å². The molecule has 1 heterocycles. The second-order valence-electron chi connectivity index (χ2n) is 7.12. The number of carbonyl (C=O) groups excluding carboxylic acids is 2. The molecule has 0 saturated carbocycles. The zero-order chi connectivity index (χ0) is 21.5. The minimum absolute atomic E-state index is 0.271. The highest BCUT2D eigenvalue weighted by Gasteiger charge is 2.16. The summed E-state index contributed by atoms with van der Waals surface area (Å²) in [6.07, 6.45) is 3.10. The van der Waals surface area contributed by atoms with E-state index in [-0.39, 0.29) is 11.8 Å². The molecule has 3 aromatic rings. The van der Waals surface area contributed by atoms with Crippen LogP contribution in [0.5, 0.6) is 5.75 Å². The number of amides is 2. The molecule has 2 N–H and O–H groups in total. The van der Waals surface area contributed by atoms with E-state index in [0.29, 0.717) is 30.0 Å². The van der Waals surface area contributed by atoms with Gasteiger partial charge in [-0.2, -0.15) is 0 Å². The van der Waals surface area contributed by atoms with Crippen LogP contribution in [0.25, 0.3) is 0 Å². The van der Waals surface area contributed by atoms with E-state index in [9.17, 15) is 9.59 Å². The van der Waals surface area contributed by atoms with Gasteiger partial charge in [0.25, 0.3) is 11.8 Å². The number of anilines is 1. The first-order chi connectivity index (χ1) is 14.4. The molecule has 30 heavy (non-hydrogen) atoms. The third-order valence-electron chi connectivity index (χ3n) is 4.55. The van der Waals surface area contributed by atoms with Gasteiger partial charge in [-0.05, 0) is 67.8 Å². The molecule has 0 fully saturated rings. The second kappa shape index (κ2) is 9.69. The molecule has 2 amide bonds. The molecule has 3 rings (SSSR count). The third kappa shape index (κ3) is 5.44. The summed E-state index contributed by atoms with van der Waals surface area (Å²) in [5, 5.41) is 5.70. The maximum Gasteiger partial charge on any atom is 0.255 e. The quantitative estimate of drug-likeness (QED) is 0.583. The molecule has 6 nitrogen and oxygen atoms in total. The lowest BCUT2D eigenvalue weighted by atomic mass is 10.1. The Kier molecular flexibility index (Phi) is 6.80. The number of carbonyl (C=O) groups is 2. The molecule has 0 aliphatic rings. The largest absolute Gasteiger partial charge is 0.492 e. The van der Waals surface area contributed by atoms with Crippen LogP contribution in [-0.4, -0.2) is 29.9 Å². The monoisotopic (exact) mass is 403 g/mol. The molecule has 0 atom stereocenters. The van der Waals surface area contributed by atoms with Gasteiger partial charge < -0.3 is 15.4 Å². The van der Waals surface area contributed by atoms with E-state index in [1.165, 1.54) is 0 Å². The van der Waals surface area contributed by atoms with Crippen molar-refractivity contribution in [1.29, 1.82) is 0 Å². The summed E-state index contributed by atoms with van der Waals surface area (Å²) in [6.45, 7) is 6.57. The molecule has 0 unspecified atom stereocenters. The van der Waals surface area contributed by atoms with Gasteiger partial charge in [0, 0.05) is 18.0 Å². The molecule has 0 saturated heterocycles. The van der Waals surface area contributed by atoms with Gasteiger partial charge >= 0.3 is 0 Å². The molecule has 0 bridgehead atoms. The minimum atomic E-state index is -0.293. The van der Waals surface area contributed by atoms with E-state index >= 15 is 0 Å². The number of nitrogens with zero attached hydrogens (tertiary/aromatic N) is 1. The van der Waals surface area contributed by atoms with Crippen molar-refractivity contribution in [3.8, 4) is 5.75 Å². The normalized spacial score (nSPS) is 10.4. The van der Waals surface area contributed by atoms with E-state index in [1.807, 2.05) is 39.0 Å². The van der Waals surface area contributed by atoms with Crippen molar-refractivity contribution in [3.05, 3.63) is 88.7 Å². The van der Waals surface area contributed by atoms with Crippen LogP contribution in [0, 0.1) is 20.8 Å². The predicted molar refractivity (Wildman–Crippen MR) is 117 cm³/mol. The smallest absolute Gasteiger partial charge is 0.255 e. The van der Waals surface area contributed by atoms with Gasteiger partial charge in [-0.15, -0.1) is 0 Å². The molecule has 2 aromatic carbocycles. The van der Waals surface area contributed by atoms with E-state index < -0.39 is 0 Å². The first-order valence-electron chi connectivity index (χ1n) is 9.74. The number of hydrogen-bond acceptors (Lipinski definition) is 4. The molecule has 154 valence electrons. The van der Waals surface area contributed by atoms with Crippen LogP contribution in [-0.2, 0) is 0 Å². The zero-order valence-electron chi connectivity index (χ0n) is 17.4.